The van der Waals surface area contributed by atoms with Crippen LogP contribution in [0.2, 0.25) is 0 Å². The molecule has 0 unspecified atom stereocenters. The number of hydrogen-bond acceptors (Lipinski definition) is 4. The van der Waals surface area contributed by atoms with Gasteiger partial charge < -0.3 is 5.11 Å². The van der Waals surface area contributed by atoms with E-state index in [0.29, 0.717) is 18.4 Å². The standard InChI is InChI=1S/C13H15NO5S/c1-9(15)10-2-6-12(7-3-10)20(18,19)14(8-13(16)17)11-4-5-11/h2-3,6-7,11H,4-5,8H2,1H3,(H,16,17). The summed E-state index contributed by atoms with van der Waals surface area (Å²) in [5.41, 5.74) is 0.417. The molecule has 0 spiro atoms. The summed E-state index contributed by atoms with van der Waals surface area (Å²) in [4.78, 5) is 22.0. The molecule has 1 aliphatic rings. The molecule has 0 bridgehead atoms. The minimum Gasteiger partial charge on any atom is -0.480 e. The van der Waals surface area contributed by atoms with E-state index >= 15 is 0 Å². The lowest BCUT2D eigenvalue weighted by molar-refractivity contribution is -0.137. The molecule has 0 amide bonds. The van der Waals surface area contributed by atoms with Gasteiger partial charge in [0.1, 0.15) is 6.54 Å². The van der Waals surface area contributed by atoms with Gasteiger partial charge in [-0.1, -0.05) is 12.1 Å². The maximum absolute atomic E-state index is 12.4. The van der Waals surface area contributed by atoms with Crippen molar-refractivity contribution in [3.05, 3.63) is 29.8 Å². The monoisotopic (exact) mass is 297 g/mol. The fraction of sp³-hybridized carbons (Fsp3) is 0.385. The number of ketones is 1. The minimum absolute atomic E-state index is 0.00986. The summed E-state index contributed by atoms with van der Waals surface area (Å²) in [5.74, 6) is -1.33. The lowest BCUT2D eigenvalue weighted by atomic mass is 10.2. The zero-order valence-electron chi connectivity index (χ0n) is 10.9. The van der Waals surface area contributed by atoms with Gasteiger partial charge in [-0.05, 0) is 31.9 Å². The van der Waals surface area contributed by atoms with Gasteiger partial charge in [0, 0.05) is 11.6 Å². The van der Waals surface area contributed by atoms with Crippen LogP contribution in [0.1, 0.15) is 30.1 Å². The summed E-state index contributed by atoms with van der Waals surface area (Å²) in [6.07, 6.45) is 1.36. The first kappa shape index (κ1) is 14.7. The fourth-order valence-corrected chi connectivity index (χ4v) is 3.54. The number of carbonyl (C=O) groups excluding carboxylic acids is 1. The molecule has 1 fully saturated rings. The number of rotatable bonds is 6. The van der Waals surface area contributed by atoms with Gasteiger partial charge in [-0.15, -0.1) is 0 Å². The molecule has 6 nitrogen and oxygen atoms in total. The van der Waals surface area contributed by atoms with Crippen molar-refractivity contribution in [2.45, 2.75) is 30.7 Å². The zero-order valence-corrected chi connectivity index (χ0v) is 11.8. The molecule has 1 aromatic carbocycles. The van der Waals surface area contributed by atoms with E-state index < -0.39 is 22.5 Å². The third-order valence-corrected chi connectivity index (χ3v) is 5.03. The molecule has 7 heteroatoms. The summed E-state index contributed by atoms with van der Waals surface area (Å²) in [7, 11) is -3.83. The normalized spacial score (nSPS) is 15.3. The van der Waals surface area contributed by atoms with Crippen molar-refractivity contribution in [1.82, 2.24) is 4.31 Å². The Labute approximate surface area is 117 Å². The Morgan fingerprint density at radius 2 is 1.80 bits per heavy atom. The van der Waals surface area contributed by atoms with Crippen LogP contribution >= 0.6 is 0 Å². The molecule has 0 aromatic heterocycles. The van der Waals surface area contributed by atoms with Crippen LogP contribution in [0, 0.1) is 0 Å². The van der Waals surface area contributed by atoms with Gasteiger partial charge in [0.2, 0.25) is 10.0 Å². The molecule has 0 heterocycles. The number of sulfonamides is 1. The van der Waals surface area contributed by atoms with Gasteiger partial charge in [0.05, 0.1) is 4.90 Å². The Morgan fingerprint density at radius 1 is 1.25 bits per heavy atom. The van der Waals surface area contributed by atoms with Crippen LogP contribution in [-0.2, 0) is 14.8 Å². The summed E-state index contributed by atoms with van der Waals surface area (Å²) in [6, 6.07) is 5.30. The Morgan fingerprint density at radius 3 is 2.20 bits per heavy atom. The molecule has 2 rings (SSSR count). The SMILES string of the molecule is CC(=O)c1ccc(S(=O)(=O)N(CC(=O)O)C2CC2)cc1. The van der Waals surface area contributed by atoms with Gasteiger partial charge in [-0.25, -0.2) is 8.42 Å². The number of carboxylic acid groups (broad SMARTS) is 1. The minimum atomic E-state index is -3.83. The van der Waals surface area contributed by atoms with E-state index in [4.69, 9.17) is 5.11 Å². The average molecular weight is 297 g/mol. The van der Waals surface area contributed by atoms with E-state index in [2.05, 4.69) is 0 Å². The number of nitrogens with zero attached hydrogens (tertiary/aromatic N) is 1. The molecule has 0 radical (unpaired) electrons. The molecular formula is C13H15NO5S. The first-order valence-corrected chi connectivity index (χ1v) is 7.61. The van der Waals surface area contributed by atoms with E-state index in [1.54, 1.807) is 0 Å². The van der Waals surface area contributed by atoms with Crippen molar-refractivity contribution in [2.75, 3.05) is 6.54 Å². The maximum atomic E-state index is 12.4. The zero-order chi connectivity index (χ0) is 14.9. The number of carbonyl (C=O) groups is 2. The second-order valence-corrected chi connectivity index (χ2v) is 6.65. The van der Waals surface area contributed by atoms with E-state index in [1.807, 2.05) is 0 Å². The Balaban J connectivity index is 2.32. The van der Waals surface area contributed by atoms with Crippen LogP contribution in [-0.4, -0.2) is 42.2 Å². The van der Waals surface area contributed by atoms with Crippen molar-refractivity contribution in [2.24, 2.45) is 0 Å². The number of hydrogen-bond donors (Lipinski definition) is 1. The molecule has 1 N–H and O–H groups in total. The predicted molar refractivity (Wildman–Crippen MR) is 71.0 cm³/mol. The van der Waals surface area contributed by atoms with Gasteiger partial charge >= 0.3 is 5.97 Å². The van der Waals surface area contributed by atoms with E-state index in [1.165, 1.54) is 31.2 Å². The van der Waals surface area contributed by atoms with Gasteiger partial charge in [0.25, 0.3) is 0 Å². The second kappa shape index (κ2) is 5.34. The molecular weight excluding hydrogens is 282 g/mol. The summed E-state index contributed by atoms with van der Waals surface area (Å²) >= 11 is 0. The third-order valence-electron chi connectivity index (χ3n) is 3.11. The van der Waals surface area contributed by atoms with Gasteiger partial charge in [0.15, 0.2) is 5.78 Å². The highest BCUT2D eigenvalue weighted by molar-refractivity contribution is 7.89. The highest BCUT2D eigenvalue weighted by Crippen LogP contribution is 2.31. The smallest absolute Gasteiger partial charge is 0.318 e. The highest BCUT2D eigenvalue weighted by Gasteiger charge is 2.39. The Kier molecular flexibility index (Phi) is 3.92. The Bertz CT molecular complexity index is 631. The van der Waals surface area contributed by atoms with Crippen molar-refractivity contribution in [3.8, 4) is 0 Å². The first-order valence-electron chi connectivity index (χ1n) is 6.17. The van der Waals surface area contributed by atoms with E-state index in [0.717, 1.165) is 4.31 Å². The van der Waals surface area contributed by atoms with Crippen LogP contribution in [0.15, 0.2) is 29.2 Å². The number of benzene rings is 1. The summed E-state index contributed by atoms with van der Waals surface area (Å²) in [5, 5.41) is 8.84. The number of Topliss-reactive ketones (excluding diaryl/α,β-unsaturated/α-hetero) is 1. The molecule has 0 aliphatic heterocycles. The summed E-state index contributed by atoms with van der Waals surface area (Å²) in [6.45, 7) is 0.853. The van der Waals surface area contributed by atoms with E-state index in [9.17, 15) is 18.0 Å². The van der Waals surface area contributed by atoms with Crippen LogP contribution in [0.5, 0.6) is 0 Å². The summed E-state index contributed by atoms with van der Waals surface area (Å²) < 4.78 is 25.8. The molecule has 1 saturated carbocycles. The second-order valence-electron chi connectivity index (χ2n) is 4.76. The lowest BCUT2D eigenvalue weighted by Gasteiger charge is -2.19. The number of aliphatic carboxylic acids is 1. The largest absolute Gasteiger partial charge is 0.480 e. The van der Waals surface area contributed by atoms with Crippen molar-refractivity contribution < 1.29 is 23.1 Å². The van der Waals surface area contributed by atoms with Crippen LogP contribution in [0.3, 0.4) is 0 Å². The third kappa shape index (κ3) is 3.05. The molecule has 0 atom stereocenters. The van der Waals surface area contributed by atoms with Crippen LogP contribution in [0.4, 0.5) is 0 Å². The van der Waals surface area contributed by atoms with Gasteiger partial charge in [-0.3, -0.25) is 9.59 Å². The maximum Gasteiger partial charge on any atom is 0.318 e. The average Bonchev–Trinajstić information content (AvgIpc) is 3.20. The highest BCUT2D eigenvalue weighted by atomic mass is 32.2. The van der Waals surface area contributed by atoms with Crippen LogP contribution < -0.4 is 0 Å². The first-order chi connectivity index (χ1) is 9.32. The molecule has 1 aromatic rings. The molecule has 0 saturated heterocycles. The topological polar surface area (TPSA) is 91.8 Å². The van der Waals surface area contributed by atoms with Crippen molar-refractivity contribution in [1.29, 1.82) is 0 Å². The lowest BCUT2D eigenvalue weighted by Crippen LogP contribution is -2.37. The molecule has 108 valence electrons. The molecule has 20 heavy (non-hydrogen) atoms. The van der Waals surface area contributed by atoms with Crippen molar-refractivity contribution in [3.63, 3.8) is 0 Å². The predicted octanol–water partition coefficient (Wildman–Crippen LogP) is 1.13. The van der Waals surface area contributed by atoms with E-state index in [-0.39, 0.29) is 16.7 Å². The van der Waals surface area contributed by atoms with Crippen LogP contribution in [0.25, 0.3) is 0 Å². The quantitative estimate of drug-likeness (QED) is 0.795. The van der Waals surface area contributed by atoms with Crippen molar-refractivity contribution >= 4 is 21.8 Å². The fourth-order valence-electron chi connectivity index (χ4n) is 1.90. The van der Waals surface area contributed by atoms with Gasteiger partial charge in [-0.2, -0.15) is 4.31 Å². The Hall–Kier alpha value is -1.73. The number of carboxylic acids is 1. The molecule has 1 aliphatic carbocycles.